The lowest BCUT2D eigenvalue weighted by atomic mass is 9.99. The molecule has 39 heavy (non-hydrogen) atoms. The molecule has 0 aliphatic carbocycles. The van der Waals surface area contributed by atoms with Gasteiger partial charge in [-0.25, -0.2) is 4.52 Å². The van der Waals surface area contributed by atoms with E-state index in [2.05, 4.69) is 63.3 Å². The third kappa shape index (κ3) is 4.84. The minimum Gasteiger partial charge on any atom is -0.368 e. The summed E-state index contributed by atoms with van der Waals surface area (Å²) < 4.78 is 3.53. The Bertz CT molecular complexity index is 1760. The first-order valence-electron chi connectivity index (χ1n) is 12.7. The first-order valence-corrected chi connectivity index (χ1v) is 12.7. The van der Waals surface area contributed by atoms with E-state index in [1.165, 1.54) is 0 Å². The normalized spacial score (nSPS) is 13.1. The zero-order chi connectivity index (χ0) is 26.8. The third-order valence-corrected chi connectivity index (χ3v) is 6.97. The van der Waals surface area contributed by atoms with Crippen LogP contribution >= 0.6 is 0 Å². The molecule has 4 heterocycles. The van der Waals surface area contributed by atoms with Gasteiger partial charge in [0.2, 0.25) is 0 Å². The number of carbonyl (C=O) groups excluding carboxylic acids is 1. The Balaban J connectivity index is 1.21. The Morgan fingerprint density at radius 1 is 0.872 bits per heavy atom. The van der Waals surface area contributed by atoms with Crippen LogP contribution in [0.1, 0.15) is 11.1 Å². The number of pyridine rings is 1. The Morgan fingerprint density at radius 3 is 2.33 bits per heavy atom. The van der Waals surface area contributed by atoms with Gasteiger partial charge >= 0.3 is 0 Å². The van der Waals surface area contributed by atoms with E-state index in [-0.39, 0.29) is 5.91 Å². The van der Waals surface area contributed by atoms with Gasteiger partial charge in [-0.3, -0.25) is 9.48 Å². The smallest absolute Gasteiger partial charge is 0.298 e. The third-order valence-electron chi connectivity index (χ3n) is 6.97. The van der Waals surface area contributed by atoms with Gasteiger partial charge in [-0.05, 0) is 35.9 Å². The van der Waals surface area contributed by atoms with Gasteiger partial charge in [-0.15, -0.1) is 0 Å². The highest BCUT2D eigenvalue weighted by Crippen LogP contribution is 2.33. The molecule has 6 rings (SSSR count). The standard InChI is InChI=1S/C31H25N7O/c1-35-21-27(20-33-35)25-17-29(31-26(18-32)19-34-38(31)22-25)24-8-10-28(11-9-24)36-13-15-37(16-14-36)30(39)12-7-23-5-3-2-4-6-23/h2-6,8-11,17,19-22H,13-16H2,1H3. The van der Waals surface area contributed by atoms with Gasteiger partial charge in [0, 0.05) is 79.5 Å². The van der Waals surface area contributed by atoms with Crippen molar-refractivity contribution in [1.82, 2.24) is 24.3 Å². The predicted octanol–water partition coefficient (Wildman–Crippen LogP) is 3.97. The number of rotatable bonds is 3. The fourth-order valence-corrected chi connectivity index (χ4v) is 4.90. The van der Waals surface area contributed by atoms with Crippen LogP contribution in [0.25, 0.3) is 27.8 Å². The van der Waals surface area contributed by atoms with Crippen LogP contribution in [0.4, 0.5) is 5.69 Å². The monoisotopic (exact) mass is 511 g/mol. The highest BCUT2D eigenvalue weighted by atomic mass is 16.2. The molecule has 1 fully saturated rings. The topological polar surface area (TPSA) is 82.5 Å². The molecule has 0 saturated carbocycles. The average Bonchev–Trinajstić information content (AvgIpc) is 3.62. The van der Waals surface area contributed by atoms with Crippen molar-refractivity contribution in [3.8, 4) is 40.2 Å². The van der Waals surface area contributed by atoms with E-state index in [0.717, 1.165) is 52.1 Å². The molecular weight excluding hydrogens is 486 g/mol. The molecule has 1 aliphatic heterocycles. The lowest BCUT2D eigenvalue weighted by Crippen LogP contribution is -2.48. The minimum atomic E-state index is -0.138. The maximum absolute atomic E-state index is 12.6. The van der Waals surface area contributed by atoms with E-state index in [4.69, 9.17) is 0 Å². The van der Waals surface area contributed by atoms with Gasteiger partial charge in [0.25, 0.3) is 5.91 Å². The van der Waals surface area contributed by atoms with Crippen molar-refractivity contribution in [1.29, 1.82) is 5.26 Å². The number of amides is 1. The summed E-state index contributed by atoms with van der Waals surface area (Å²) in [5.74, 6) is 5.59. The largest absolute Gasteiger partial charge is 0.368 e. The van der Waals surface area contributed by atoms with Crippen molar-refractivity contribution in [3.05, 3.63) is 96.6 Å². The predicted molar refractivity (Wildman–Crippen MR) is 150 cm³/mol. The molecule has 8 heteroatoms. The number of fused-ring (bicyclic) bond motifs is 1. The quantitative estimate of drug-likeness (QED) is 0.342. The molecule has 2 aromatic carbocycles. The number of anilines is 1. The molecule has 3 aromatic heterocycles. The van der Waals surface area contributed by atoms with Gasteiger partial charge in [-0.2, -0.15) is 15.5 Å². The van der Waals surface area contributed by atoms with Crippen molar-refractivity contribution in [2.75, 3.05) is 31.1 Å². The lowest BCUT2D eigenvalue weighted by Gasteiger charge is -2.35. The van der Waals surface area contributed by atoms with Crippen LogP contribution in [-0.4, -0.2) is 56.4 Å². The van der Waals surface area contributed by atoms with Crippen LogP contribution in [-0.2, 0) is 11.8 Å². The molecule has 1 amide bonds. The summed E-state index contributed by atoms with van der Waals surface area (Å²) in [4.78, 5) is 16.7. The number of nitriles is 1. The van der Waals surface area contributed by atoms with E-state index in [1.807, 2.05) is 60.9 Å². The van der Waals surface area contributed by atoms with Crippen molar-refractivity contribution in [3.63, 3.8) is 0 Å². The number of carbonyl (C=O) groups is 1. The van der Waals surface area contributed by atoms with Crippen molar-refractivity contribution in [2.24, 2.45) is 7.05 Å². The van der Waals surface area contributed by atoms with Gasteiger partial charge in [0.05, 0.1) is 23.5 Å². The molecule has 0 spiro atoms. The number of aryl methyl sites for hydroxylation is 1. The first-order chi connectivity index (χ1) is 19.1. The molecule has 190 valence electrons. The maximum Gasteiger partial charge on any atom is 0.298 e. The van der Waals surface area contributed by atoms with E-state index in [0.29, 0.717) is 18.7 Å². The number of piperazine rings is 1. The summed E-state index contributed by atoms with van der Waals surface area (Å²) in [6, 6.07) is 22.3. The molecular formula is C31H25N7O. The van der Waals surface area contributed by atoms with Crippen LogP contribution in [0.2, 0.25) is 0 Å². The highest BCUT2D eigenvalue weighted by Gasteiger charge is 2.21. The number of hydrogen-bond donors (Lipinski definition) is 0. The fourth-order valence-electron chi connectivity index (χ4n) is 4.90. The molecule has 8 nitrogen and oxygen atoms in total. The van der Waals surface area contributed by atoms with Crippen LogP contribution in [0.5, 0.6) is 0 Å². The van der Waals surface area contributed by atoms with Crippen LogP contribution in [0.15, 0.2) is 85.5 Å². The van der Waals surface area contributed by atoms with Crippen molar-refractivity contribution in [2.45, 2.75) is 0 Å². The van der Waals surface area contributed by atoms with Crippen LogP contribution in [0, 0.1) is 23.2 Å². The molecule has 5 aromatic rings. The van der Waals surface area contributed by atoms with Gasteiger partial charge in [-0.1, -0.05) is 36.3 Å². The second-order valence-electron chi connectivity index (χ2n) is 9.45. The molecule has 0 radical (unpaired) electrons. The Hall–Kier alpha value is -5.34. The van der Waals surface area contributed by atoms with Crippen molar-refractivity contribution < 1.29 is 4.79 Å². The summed E-state index contributed by atoms with van der Waals surface area (Å²) in [6.07, 6.45) is 7.31. The summed E-state index contributed by atoms with van der Waals surface area (Å²) >= 11 is 0. The van der Waals surface area contributed by atoms with E-state index >= 15 is 0 Å². The Labute approximate surface area is 226 Å². The summed E-state index contributed by atoms with van der Waals surface area (Å²) in [5.41, 5.74) is 7.12. The van der Waals surface area contributed by atoms with Crippen LogP contribution < -0.4 is 4.90 Å². The summed E-state index contributed by atoms with van der Waals surface area (Å²) in [5, 5.41) is 18.4. The zero-order valence-electron chi connectivity index (χ0n) is 21.5. The Morgan fingerprint density at radius 2 is 1.64 bits per heavy atom. The van der Waals surface area contributed by atoms with E-state index in [1.54, 1.807) is 15.4 Å². The van der Waals surface area contributed by atoms with Crippen LogP contribution in [0.3, 0.4) is 0 Å². The molecule has 0 bridgehead atoms. The fraction of sp³-hybridized carbons (Fsp3) is 0.161. The Kier molecular flexibility index (Phi) is 6.28. The SMILES string of the molecule is Cn1cc(-c2cc(-c3ccc(N4CCN(C(=O)C#Cc5ccccc5)CC4)cc3)c3c(C#N)cnn3c2)cn1. The van der Waals surface area contributed by atoms with E-state index < -0.39 is 0 Å². The van der Waals surface area contributed by atoms with E-state index in [9.17, 15) is 10.1 Å². The minimum absolute atomic E-state index is 0.138. The molecule has 1 aliphatic rings. The number of aromatic nitrogens is 4. The molecule has 0 unspecified atom stereocenters. The summed E-state index contributed by atoms with van der Waals surface area (Å²) in [6.45, 7) is 2.72. The molecule has 0 atom stereocenters. The molecule has 1 saturated heterocycles. The number of benzene rings is 2. The zero-order valence-corrected chi connectivity index (χ0v) is 21.5. The van der Waals surface area contributed by atoms with Gasteiger partial charge in [0.1, 0.15) is 6.07 Å². The van der Waals surface area contributed by atoms with Gasteiger partial charge in [0.15, 0.2) is 0 Å². The van der Waals surface area contributed by atoms with Crippen molar-refractivity contribution >= 4 is 17.1 Å². The molecule has 0 N–H and O–H groups in total. The maximum atomic E-state index is 12.6. The number of hydrogen-bond acceptors (Lipinski definition) is 5. The van der Waals surface area contributed by atoms with Gasteiger partial charge < -0.3 is 9.80 Å². The first kappa shape index (κ1) is 24.0. The lowest BCUT2D eigenvalue weighted by molar-refractivity contribution is -0.125. The highest BCUT2D eigenvalue weighted by molar-refractivity contribution is 5.94. The average molecular weight is 512 g/mol. The summed E-state index contributed by atoms with van der Waals surface area (Å²) in [7, 11) is 1.89. The number of nitrogens with zero attached hydrogens (tertiary/aromatic N) is 7. The second kappa shape index (κ2) is 10.2. The second-order valence-corrected chi connectivity index (χ2v) is 9.45.